The first-order valence-corrected chi connectivity index (χ1v) is 5.56. The molecule has 0 fully saturated rings. The van der Waals surface area contributed by atoms with E-state index in [0.717, 1.165) is 10.7 Å². The van der Waals surface area contributed by atoms with Crippen LogP contribution in [-0.4, -0.2) is 16.9 Å². The summed E-state index contributed by atoms with van der Waals surface area (Å²) in [5, 5.41) is 12.7. The third-order valence-electron chi connectivity index (χ3n) is 2.77. The molecular weight excluding hydrogens is 271 g/mol. The third kappa shape index (κ3) is 2.45. The Kier molecular flexibility index (Phi) is 3.40. The molecule has 1 heterocycles. The summed E-state index contributed by atoms with van der Waals surface area (Å²) in [7, 11) is 2.62. The number of hydrogen-bond donors (Lipinski definition) is 0. The van der Waals surface area contributed by atoms with Gasteiger partial charge in [-0.25, -0.2) is 0 Å². The van der Waals surface area contributed by atoms with Crippen LogP contribution in [0.2, 0.25) is 0 Å². The summed E-state index contributed by atoms with van der Waals surface area (Å²) in [6, 6.07) is 7.35. The molecule has 0 unspecified atom stereocenters. The maximum atomic E-state index is 12.8. The van der Waals surface area contributed by atoms with Crippen LogP contribution in [0.3, 0.4) is 0 Å². The number of aryl methyl sites for hydroxylation is 1. The second-order valence-electron chi connectivity index (χ2n) is 4.06. The predicted molar refractivity (Wildman–Crippen MR) is 64.9 cm³/mol. The lowest BCUT2D eigenvalue weighted by atomic mass is 10.1. The zero-order valence-electron chi connectivity index (χ0n) is 10.7. The zero-order valence-corrected chi connectivity index (χ0v) is 10.7. The van der Waals surface area contributed by atoms with E-state index in [-0.39, 0.29) is 5.69 Å². The standard InChI is InChI=1S/C13H10F3N3O/c1-19-12(13(14,15)16)6-10(18-19)9-5-8(7-17)3-4-11(9)20-2/h3-6H,1-2H3. The van der Waals surface area contributed by atoms with Crippen LogP contribution >= 0.6 is 0 Å². The van der Waals surface area contributed by atoms with E-state index >= 15 is 0 Å². The molecule has 2 aromatic rings. The quantitative estimate of drug-likeness (QED) is 0.850. The lowest BCUT2D eigenvalue weighted by Gasteiger charge is -2.06. The molecule has 0 saturated heterocycles. The van der Waals surface area contributed by atoms with Crippen LogP contribution in [0.15, 0.2) is 24.3 Å². The van der Waals surface area contributed by atoms with Gasteiger partial charge in [0.25, 0.3) is 0 Å². The molecule has 20 heavy (non-hydrogen) atoms. The monoisotopic (exact) mass is 281 g/mol. The molecule has 4 nitrogen and oxygen atoms in total. The summed E-state index contributed by atoms with van der Waals surface area (Å²) in [6.07, 6.45) is -4.49. The van der Waals surface area contributed by atoms with Gasteiger partial charge >= 0.3 is 6.18 Å². The van der Waals surface area contributed by atoms with Crippen molar-refractivity contribution in [1.29, 1.82) is 5.26 Å². The summed E-state index contributed by atoms with van der Waals surface area (Å²) in [4.78, 5) is 0. The SMILES string of the molecule is COc1ccc(C#N)cc1-c1cc(C(F)(F)F)n(C)n1. The summed E-state index contributed by atoms with van der Waals surface area (Å²) in [5.74, 6) is 0.357. The van der Waals surface area contributed by atoms with E-state index in [1.807, 2.05) is 6.07 Å². The molecule has 0 amide bonds. The van der Waals surface area contributed by atoms with Gasteiger partial charge in [-0.05, 0) is 24.3 Å². The first kappa shape index (κ1) is 13.9. The van der Waals surface area contributed by atoms with Gasteiger partial charge in [-0.15, -0.1) is 0 Å². The number of aromatic nitrogens is 2. The molecule has 7 heteroatoms. The van der Waals surface area contributed by atoms with Crippen molar-refractivity contribution in [2.75, 3.05) is 7.11 Å². The highest BCUT2D eigenvalue weighted by Gasteiger charge is 2.35. The summed E-state index contributed by atoms with van der Waals surface area (Å²) >= 11 is 0. The Morgan fingerprint density at radius 3 is 2.50 bits per heavy atom. The average molecular weight is 281 g/mol. The molecule has 104 valence electrons. The smallest absolute Gasteiger partial charge is 0.433 e. The van der Waals surface area contributed by atoms with Crippen LogP contribution in [0.4, 0.5) is 13.2 Å². The van der Waals surface area contributed by atoms with Crippen LogP contribution in [0.1, 0.15) is 11.3 Å². The largest absolute Gasteiger partial charge is 0.496 e. The number of alkyl halides is 3. The summed E-state index contributed by atoms with van der Waals surface area (Å²) in [5.41, 5.74) is -0.0941. The van der Waals surface area contributed by atoms with Gasteiger partial charge in [0, 0.05) is 12.6 Å². The van der Waals surface area contributed by atoms with Crippen LogP contribution < -0.4 is 4.74 Å². The van der Waals surface area contributed by atoms with Gasteiger partial charge in [0.1, 0.15) is 11.4 Å². The summed E-state index contributed by atoms with van der Waals surface area (Å²) in [6.45, 7) is 0. The maximum Gasteiger partial charge on any atom is 0.433 e. The minimum absolute atomic E-state index is 0.105. The average Bonchev–Trinajstić information content (AvgIpc) is 2.80. The van der Waals surface area contributed by atoms with Crippen LogP contribution in [0, 0.1) is 11.3 Å². The lowest BCUT2D eigenvalue weighted by molar-refractivity contribution is -0.143. The topological polar surface area (TPSA) is 50.8 Å². The molecule has 0 radical (unpaired) electrons. The lowest BCUT2D eigenvalue weighted by Crippen LogP contribution is -2.11. The first-order chi connectivity index (χ1) is 9.36. The Hall–Kier alpha value is -2.49. The van der Waals surface area contributed by atoms with Gasteiger partial charge in [0.15, 0.2) is 0 Å². The zero-order chi connectivity index (χ0) is 14.9. The van der Waals surface area contributed by atoms with Crippen LogP contribution in [0.5, 0.6) is 5.75 Å². The Bertz CT molecular complexity index is 683. The van der Waals surface area contributed by atoms with E-state index in [0.29, 0.717) is 16.9 Å². The number of nitriles is 1. The van der Waals surface area contributed by atoms with Gasteiger partial charge in [0.2, 0.25) is 0 Å². The predicted octanol–water partition coefficient (Wildman–Crippen LogP) is 2.99. The first-order valence-electron chi connectivity index (χ1n) is 5.56. The second-order valence-corrected chi connectivity index (χ2v) is 4.06. The van der Waals surface area contributed by atoms with Gasteiger partial charge in [-0.1, -0.05) is 0 Å². The fourth-order valence-electron chi connectivity index (χ4n) is 1.84. The molecule has 0 aliphatic carbocycles. The van der Waals surface area contributed by atoms with Gasteiger partial charge in [-0.3, -0.25) is 4.68 Å². The van der Waals surface area contributed by atoms with Crippen molar-refractivity contribution in [3.05, 3.63) is 35.5 Å². The van der Waals surface area contributed by atoms with Crippen molar-refractivity contribution in [3.63, 3.8) is 0 Å². The molecule has 0 spiro atoms. The van der Waals surface area contributed by atoms with Crippen molar-refractivity contribution in [3.8, 4) is 23.1 Å². The molecule has 0 saturated carbocycles. The molecule has 0 aliphatic heterocycles. The van der Waals surface area contributed by atoms with Crippen molar-refractivity contribution in [1.82, 2.24) is 9.78 Å². The summed E-state index contributed by atoms with van der Waals surface area (Å²) < 4.78 is 44.1. The number of nitrogens with zero attached hydrogens (tertiary/aromatic N) is 3. The van der Waals surface area contributed by atoms with E-state index in [9.17, 15) is 13.2 Å². The molecule has 0 bridgehead atoms. The Morgan fingerprint density at radius 1 is 1.30 bits per heavy atom. The second kappa shape index (κ2) is 4.89. The van der Waals surface area contributed by atoms with E-state index in [1.54, 1.807) is 0 Å². The highest BCUT2D eigenvalue weighted by Crippen LogP contribution is 2.35. The number of rotatable bonds is 2. The van der Waals surface area contributed by atoms with Gasteiger partial charge < -0.3 is 4.74 Å². The molecule has 0 atom stereocenters. The van der Waals surface area contributed by atoms with E-state index in [2.05, 4.69) is 5.10 Å². The Balaban J connectivity index is 2.60. The van der Waals surface area contributed by atoms with E-state index in [1.165, 1.54) is 32.4 Å². The number of benzene rings is 1. The number of halogens is 3. The number of ether oxygens (including phenoxy) is 1. The molecule has 1 aromatic heterocycles. The highest BCUT2D eigenvalue weighted by atomic mass is 19.4. The highest BCUT2D eigenvalue weighted by molar-refractivity contribution is 5.69. The minimum atomic E-state index is -4.49. The van der Waals surface area contributed by atoms with Gasteiger partial charge in [0.05, 0.1) is 24.4 Å². The van der Waals surface area contributed by atoms with E-state index in [4.69, 9.17) is 10.00 Å². The fourth-order valence-corrected chi connectivity index (χ4v) is 1.84. The van der Waals surface area contributed by atoms with Crippen LogP contribution in [0.25, 0.3) is 11.3 Å². The fraction of sp³-hybridized carbons (Fsp3) is 0.231. The maximum absolute atomic E-state index is 12.8. The molecule has 0 N–H and O–H groups in total. The van der Waals surface area contributed by atoms with Gasteiger partial charge in [-0.2, -0.15) is 23.5 Å². The molecule has 0 aliphatic rings. The molecule has 1 aromatic carbocycles. The molecular formula is C13H10F3N3O. The van der Waals surface area contributed by atoms with Crippen molar-refractivity contribution in [2.45, 2.75) is 6.18 Å². The van der Waals surface area contributed by atoms with Crippen molar-refractivity contribution < 1.29 is 17.9 Å². The van der Waals surface area contributed by atoms with Crippen LogP contribution in [-0.2, 0) is 13.2 Å². The normalized spacial score (nSPS) is 11.2. The number of methoxy groups -OCH3 is 1. The minimum Gasteiger partial charge on any atom is -0.496 e. The Labute approximate surface area is 113 Å². The Morgan fingerprint density at radius 2 is 2.00 bits per heavy atom. The third-order valence-corrected chi connectivity index (χ3v) is 2.77. The number of hydrogen-bond acceptors (Lipinski definition) is 3. The van der Waals surface area contributed by atoms with E-state index < -0.39 is 11.9 Å². The van der Waals surface area contributed by atoms with Crippen molar-refractivity contribution in [2.24, 2.45) is 7.05 Å². The molecule has 2 rings (SSSR count). The van der Waals surface area contributed by atoms with Crippen molar-refractivity contribution >= 4 is 0 Å².